The molecular weight excluding hydrogens is 386 g/mol. The predicted molar refractivity (Wildman–Crippen MR) is 108 cm³/mol. The van der Waals surface area contributed by atoms with Crippen molar-refractivity contribution < 1.29 is 19.1 Å². The van der Waals surface area contributed by atoms with Gasteiger partial charge in [0.05, 0.1) is 24.1 Å². The Morgan fingerprint density at radius 1 is 1.07 bits per heavy atom. The average Bonchev–Trinajstić information content (AvgIpc) is 3.07. The van der Waals surface area contributed by atoms with Gasteiger partial charge in [-0.3, -0.25) is 14.5 Å². The third kappa shape index (κ3) is 2.54. The van der Waals surface area contributed by atoms with Gasteiger partial charge in [-0.1, -0.05) is 18.2 Å². The first-order valence-electron chi connectivity index (χ1n) is 9.13. The SMILES string of the molecule is COc1cc(C2c3c(oc4ccccc4c3=O)C(=O)N2c2ncccn2)ccc1O. The van der Waals surface area contributed by atoms with E-state index in [2.05, 4.69) is 9.97 Å². The van der Waals surface area contributed by atoms with Gasteiger partial charge < -0.3 is 14.3 Å². The molecular formula is C22H15N3O5. The van der Waals surface area contributed by atoms with E-state index in [1.807, 2.05) is 0 Å². The van der Waals surface area contributed by atoms with E-state index in [1.54, 1.807) is 42.5 Å². The monoisotopic (exact) mass is 401 g/mol. The van der Waals surface area contributed by atoms with E-state index in [1.165, 1.54) is 30.5 Å². The highest BCUT2D eigenvalue weighted by atomic mass is 16.5. The van der Waals surface area contributed by atoms with Crippen LogP contribution in [0.15, 0.2) is 70.1 Å². The minimum absolute atomic E-state index is 0.0526. The number of hydrogen-bond donors (Lipinski definition) is 1. The summed E-state index contributed by atoms with van der Waals surface area (Å²) in [5.41, 5.74) is 0.758. The summed E-state index contributed by atoms with van der Waals surface area (Å²) in [5.74, 6) is -0.278. The number of anilines is 1. The van der Waals surface area contributed by atoms with Gasteiger partial charge in [-0.2, -0.15) is 0 Å². The first kappa shape index (κ1) is 17.9. The van der Waals surface area contributed by atoms with Crippen molar-refractivity contribution in [1.82, 2.24) is 9.97 Å². The second kappa shape index (κ2) is 6.70. The summed E-state index contributed by atoms with van der Waals surface area (Å²) >= 11 is 0. The van der Waals surface area contributed by atoms with E-state index in [0.717, 1.165) is 0 Å². The van der Waals surface area contributed by atoms with Crippen LogP contribution in [0.2, 0.25) is 0 Å². The normalized spacial score (nSPS) is 15.4. The van der Waals surface area contributed by atoms with Crippen molar-refractivity contribution in [2.45, 2.75) is 6.04 Å². The lowest BCUT2D eigenvalue weighted by molar-refractivity contribution is 0.0969. The number of phenols is 1. The molecule has 1 amide bonds. The quantitative estimate of drug-likeness (QED) is 0.562. The Labute approximate surface area is 170 Å². The number of carbonyl (C=O) groups excluding carboxylic acids is 1. The van der Waals surface area contributed by atoms with Gasteiger partial charge in [0.1, 0.15) is 5.58 Å². The molecule has 4 aromatic rings. The molecule has 1 atom stereocenters. The largest absolute Gasteiger partial charge is 0.504 e. The molecule has 0 aliphatic carbocycles. The number of nitrogens with zero attached hydrogens (tertiary/aromatic N) is 3. The molecule has 2 aromatic carbocycles. The van der Waals surface area contributed by atoms with Crippen LogP contribution in [0.5, 0.6) is 11.5 Å². The van der Waals surface area contributed by atoms with Crippen molar-refractivity contribution in [3.8, 4) is 11.5 Å². The fourth-order valence-electron chi connectivity index (χ4n) is 3.72. The predicted octanol–water partition coefficient (Wildman–Crippen LogP) is 3.05. The highest BCUT2D eigenvalue weighted by Gasteiger charge is 2.45. The lowest BCUT2D eigenvalue weighted by Crippen LogP contribution is -2.31. The second-order valence-electron chi connectivity index (χ2n) is 6.73. The smallest absolute Gasteiger partial charge is 0.297 e. The maximum Gasteiger partial charge on any atom is 0.297 e. The summed E-state index contributed by atoms with van der Waals surface area (Å²) < 4.78 is 11.1. The summed E-state index contributed by atoms with van der Waals surface area (Å²) in [5, 5.41) is 10.4. The number of amides is 1. The number of carbonyl (C=O) groups is 1. The van der Waals surface area contributed by atoms with Crippen molar-refractivity contribution in [3.63, 3.8) is 0 Å². The van der Waals surface area contributed by atoms with Crippen LogP contribution in [-0.2, 0) is 0 Å². The Balaban J connectivity index is 1.83. The summed E-state index contributed by atoms with van der Waals surface area (Å²) in [6, 6.07) is 12.2. The van der Waals surface area contributed by atoms with Gasteiger partial charge >= 0.3 is 0 Å². The Morgan fingerprint density at radius 3 is 2.60 bits per heavy atom. The van der Waals surface area contributed by atoms with E-state index in [-0.39, 0.29) is 34.2 Å². The van der Waals surface area contributed by atoms with Gasteiger partial charge in [0.15, 0.2) is 16.9 Å². The van der Waals surface area contributed by atoms with Crippen LogP contribution in [-0.4, -0.2) is 28.1 Å². The lowest BCUT2D eigenvalue weighted by Gasteiger charge is -2.23. The van der Waals surface area contributed by atoms with Crippen LogP contribution in [0.4, 0.5) is 5.95 Å². The summed E-state index contributed by atoms with van der Waals surface area (Å²) in [6.45, 7) is 0. The number of phenolic OH excluding ortho intramolecular Hbond substituents is 1. The third-order valence-electron chi connectivity index (χ3n) is 5.06. The number of aromatic nitrogens is 2. The zero-order valence-electron chi connectivity index (χ0n) is 15.8. The highest BCUT2D eigenvalue weighted by Crippen LogP contribution is 2.41. The fourth-order valence-corrected chi connectivity index (χ4v) is 3.72. The summed E-state index contributed by atoms with van der Waals surface area (Å²) in [7, 11) is 1.42. The molecule has 3 heterocycles. The van der Waals surface area contributed by atoms with Crippen LogP contribution in [0, 0.1) is 0 Å². The van der Waals surface area contributed by atoms with Gasteiger partial charge in [0.25, 0.3) is 5.91 Å². The van der Waals surface area contributed by atoms with Crippen LogP contribution < -0.4 is 15.1 Å². The van der Waals surface area contributed by atoms with Gasteiger partial charge in [0, 0.05) is 12.4 Å². The first-order valence-corrected chi connectivity index (χ1v) is 9.13. The molecule has 2 aromatic heterocycles. The van der Waals surface area contributed by atoms with Crippen molar-refractivity contribution in [2.75, 3.05) is 12.0 Å². The third-order valence-corrected chi connectivity index (χ3v) is 5.06. The van der Waals surface area contributed by atoms with Gasteiger partial charge in [-0.15, -0.1) is 0 Å². The molecule has 30 heavy (non-hydrogen) atoms. The van der Waals surface area contributed by atoms with Crippen molar-refractivity contribution in [3.05, 3.63) is 88.0 Å². The van der Waals surface area contributed by atoms with Crippen molar-refractivity contribution in [1.29, 1.82) is 0 Å². The molecule has 0 radical (unpaired) electrons. The number of aromatic hydroxyl groups is 1. The maximum absolute atomic E-state index is 13.4. The Morgan fingerprint density at radius 2 is 1.83 bits per heavy atom. The lowest BCUT2D eigenvalue weighted by atomic mass is 9.98. The Kier molecular flexibility index (Phi) is 3.99. The number of ether oxygens (including phenoxy) is 1. The van der Waals surface area contributed by atoms with E-state index in [9.17, 15) is 14.7 Å². The topological polar surface area (TPSA) is 106 Å². The van der Waals surface area contributed by atoms with Crippen LogP contribution in [0.1, 0.15) is 27.7 Å². The van der Waals surface area contributed by atoms with E-state index in [0.29, 0.717) is 16.5 Å². The van der Waals surface area contributed by atoms with Crippen LogP contribution in [0.25, 0.3) is 11.0 Å². The van der Waals surface area contributed by atoms with Crippen molar-refractivity contribution in [2.24, 2.45) is 0 Å². The molecule has 0 saturated heterocycles. The molecule has 0 fully saturated rings. The fraction of sp³-hybridized carbons (Fsp3) is 0.0909. The van der Waals surface area contributed by atoms with E-state index < -0.39 is 11.9 Å². The number of benzene rings is 2. The Bertz CT molecular complexity index is 1350. The van der Waals surface area contributed by atoms with Gasteiger partial charge in [-0.25, -0.2) is 9.97 Å². The molecule has 8 nitrogen and oxygen atoms in total. The second-order valence-corrected chi connectivity index (χ2v) is 6.73. The standard InChI is InChI=1S/C22H15N3O5/c1-29-16-11-12(7-8-14(16)26)18-17-19(27)13-5-2-3-6-15(13)30-20(17)21(28)25(18)22-23-9-4-10-24-22/h2-11,18,26H,1H3. The van der Waals surface area contributed by atoms with E-state index in [4.69, 9.17) is 9.15 Å². The average molecular weight is 401 g/mol. The molecule has 8 heteroatoms. The molecule has 1 aliphatic rings. The molecule has 1 unspecified atom stereocenters. The molecule has 148 valence electrons. The minimum atomic E-state index is -0.842. The number of rotatable bonds is 3. The summed E-state index contributed by atoms with van der Waals surface area (Å²) in [4.78, 5) is 36.4. The number of para-hydroxylation sites is 1. The molecule has 5 rings (SSSR count). The molecule has 0 spiro atoms. The number of methoxy groups -OCH3 is 1. The zero-order valence-corrected chi connectivity index (χ0v) is 15.8. The molecule has 0 saturated carbocycles. The van der Waals surface area contributed by atoms with Crippen molar-refractivity contribution >= 4 is 22.8 Å². The Hall–Kier alpha value is -4.20. The summed E-state index contributed by atoms with van der Waals surface area (Å²) in [6.07, 6.45) is 3.03. The molecule has 0 bridgehead atoms. The molecule has 1 aliphatic heterocycles. The highest BCUT2D eigenvalue weighted by molar-refractivity contribution is 6.09. The van der Waals surface area contributed by atoms with Gasteiger partial charge in [-0.05, 0) is 35.9 Å². The van der Waals surface area contributed by atoms with Crippen LogP contribution in [0.3, 0.4) is 0 Å². The maximum atomic E-state index is 13.4. The zero-order chi connectivity index (χ0) is 20.8. The van der Waals surface area contributed by atoms with Gasteiger partial charge in [0.2, 0.25) is 11.7 Å². The first-order chi connectivity index (χ1) is 14.6. The molecule has 1 N–H and O–H groups in total. The minimum Gasteiger partial charge on any atom is -0.504 e. The van der Waals surface area contributed by atoms with E-state index >= 15 is 0 Å². The number of hydrogen-bond acceptors (Lipinski definition) is 7. The van der Waals surface area contributed by atoms with Crippen LogP contribution >= 0.6 is 0 Å². The number of fused-ring (bicyclic) bond motifs is 2.